The Morgan fingerprint density at radius 3 is 2.85 bits per heavy atom. The van der Waals surface area contributed by atoms with Crippen molar-refractivity contribution in [2.75, 3.05) is 26.2 Å². The average molecular weight is 387 g/mol. The van der Waals surface area contributed by atoms with Crippen molar-refractivity contribution in [3.05, 3.63) is 53.0 Å². The third-order valence-electron chi connectivity index (χ3n) is 4.74. The number of piperidine rings is 1. The van der Waals surface area contributed by atoms with Crippen LogP contribution in [0.5, 0.6) is 5.75 Å². The quantitative estimate of drug-likeness (QED) is 0.623. The van der Waals surface area contributed by atoms with E-state index in [2.05, 4.69) is 28.1 Å². The Labute approximate surface area is 161 Å². The molecule has 0 spiro atoms. The molecule has 0 unspecified atom stereocenters. The zero-order valence-corrected chi connectivity index (χ0v) is 16.0. The highest BCUT2D eigenvalue weighted by atomic mass is 32.1. The molecule has 1 aliphatic heterocycles. The van der Waals surface area contributed by atoms with Crippen LogP contribution in [0.15, 0.2) is 40.8 Å². The smallest absolute Gasteiger partial charge is 0.257 e. The normalized spacial score (nSPS) is 17.9. The first kappa shape index (κ1) is 18.1. The van der Waals surface area contributed by atoms with Crippen molar-refractivity contribution in [2.45, 2.75) is 25.7 Å². The fourth-order valence-electron chi connectivity index (χ4n) is 3.33. The topological polar surface area (TPSA) is 51.4 Å². The molecule has 142 valence electrons. The van der Waals surface area contributed by atoms with E-state index in [1.165, 1.54) is 17.0 Å². The zero-order chi connectivity index (χ0) is 18.6. The van der Waals surface area contributed by atoms with Gasteiger partial charge in [0.15, 0.2) is 0 Å². The van der Waals surface area contributed by atoms with E-state index in [-0.39, 0.29) is 11.7 Å². The summed E-state index contributed by atoms with van der Waals surface area (Å²) in [6.07, 6.45) is 2.15. The van der Waals surface area contributed by atoms with Crippen molar-refractivity contribution in [3.8, 4) is 16.5 Å². The number of ether oxygens (including phenoxy) is 1. The van der Waals surface area contributed by atoms with Crippen molar-refractivity contribution in [2.24, 2.45) is 0 Å². The molecule has 7 heteroatoms. The molecule has 0 amide bonds. The predicted molar refractivity (Wildman–Crippen MR) is 103 cm³/mol. The first-order valence-electron chi connectivity index (χ1n) is 9.18. The van der Waals surface area contributed by atoms with E-state index in [0.717, 1.165) is 43.2 Å². The van der Waals surface area contributed by atoms with Crippen molar-refractivity contribution in [3.63, 3.8) is 0 Å². The van der Waals surface area contributed by atoms with Crippen molar-refractivity contribution in [1.29, 1.82) is 0 Å². The summed E-state index contributed by atoms with van der Waals surface area (Å²) in [6.45, 7) is 5.38. The van der Waals surface area contributed by atoms with Gasteiger partial charge in [-0.1, -0.05) is 0 Å². The summed E-state index contributed by atoms with van der Waals surface area (Å²) in [5.41, 5.74) is 0. The van der Waals surface area contributed by atoms with E-state index in [1.807, 2.05) is 6.07 Å². The number of benzene rings is 1. The fraction of sp³-hybridized carbons (Fsp3) is 0.400. The van der Waals surface area contributed by atoms with Gasteiger partial charge in [0, 0.05) is 18.0 Å². The lowest BCUT2D eigenvalue weighted by Crippen LogP contribution is -2.37. The summed E-state index contributed by atoms with van der Waals surface area (Å²) in [6, 6.07) is 10.2. The van der Waals surface area contributed by atoms with Gasteiger partial charge in [0.1, 0.15) is 18.2 Å². The van der Waals surface area contributed by atoms with Crippen LogP contribution in [-0.2, 0) is 0 Å². The minimum absolute atomic E-state index is 0.252. The third-order valence-corrected chi connectivity index (χ3v) is 5.73. The Bertz CT molecular complexity index is 877. The molecule has 2 aromatic heterocycles. The number of halogens is 1. The molecule has 1 atom stereocenters. The van der Waals surface area contributed by atoms with Gasteiger partial charge < -0.3 is 9.15 Å². The van der Waals surface area contributed by atoms with Gasteiger partial charge in [-0.05, 0) is 62.7 Å². The molecular formula is C20H22FN3O2S. The Hall–Kier alpha value is -2.25. The molecule has 0 aliphatic carbocycles. The lowest BCUT2D eigenvalue weighted by molar-refractivity contribution is 0.161. The van der Waals surface area contributed by atoms with Crippen LogP contribution in [-0.4, -0.2) is 41.3 Å². The highest BCUT2D eigenvalue weighted by Crippen LogP contribution is 2.31. The minimum Gasteiger partial charge on any atom is -0.492 e. The second-order valence-corrected chi connectivity index (χ2v) is 8.09. The number of thiophene rings is 1. The standard InChI is InChI=1S/C20H22FN3O2S/c1-14-4-9-18(27-14)20-23-22-19(26-20)15-3-2-10-24(13-15)11-12-25-17-7-5-16(21)6-8-17/h4-9,15H,2-3,10-13H2,1H3/t15-/m0/s1. The van der Waals surface area contributed by atoms with Crippen LogP contribution >= 0.6 is 11.3 Å². The first-order chi connectivity index (χ1) is 13.2. The van der Waals surface area contributed by atoms with E-state index in [4.69, 9.17) is 9.15 Å². The van der Waals surface area contributed by atoms with Crippen LogP contribution < -0.4 is 4.74 Å². The summed E-state index contributed by atoms with van der Waals surface area (Å²) in [4.78, 5) is 4.61. The lowest BCUT2D eigenvalue weighted by atomic mass is 9.98. The minimum atomic E-state index is -0.252. The molecule has 3 heterocycles. The fourth-order valence-corrected chi connectivity index (χ4v) is 4.12. The van der Waals surface area contributed by atoms with Gasteiger partial charge in [0.05, 0.1) is 10.8 Å². The summed E-state index contributed by atoms with van der Waals surface area (Å²) >= 11 is 1.66. The molecule has 0 bridgehead atoms. The molecule has 1 saturated heterocycles. The van der Waals surface area contributed by atoms with E-state index >= 15 is 0 Å². The number of hydrogen-bond donors (Lipinski definition) is 0. The van der Waals surface area contributed by atoms with Gasteiger partial charge in [-0.15, -0.1) is 21.5 Å². The van der Waals surface area contributed by atoms with Crippen LogP contribution in [0.1, 0.15) is 29.5 Å². The largest absolute Gasteiger partial charge is 0.492 e. The maximum atomic E-state index is 12.9. The molecule has 5 nitrogen and oxygen atoms in total. The van der Waals surface area contributed by atoms with Gasteiger partial charge in [-0.25, -0.2) is 4.39 Å². The summed E-state index contributed by atoms with van der Waals surface area (Å²) in [5, 5.41) is 8.52. The number of aromatic nitrogens is 2. The molecule has 1 fully saturated rings. The average Bonchev–Trinajstić information content (AvgIpc) is 3.33. The lowest BCUT2D eigenvalue weighted by Gasteiger charge is -2.30. The Kier molecular flexibility index (Phi) is 5.50. The summed E-state index contributed by atoms with van der Waals surface area (Å²) in [5.74, 6) is 2.03. The predicted octanol–water partition coefficient (Wildman–Crippen LogP) is 4.50. The number of rotatable bonds is 6. The van der Waals surface area contributed by atoms with Crippen LogP contribution in [0.3, 0.4) is 0 Å². The van der Waals surface area contributed by atoms with Crippen molar-refractivity contribution >= 4 is 11.3 Å². The van der Waals surface area contributed by atoms with Crippen LogP contribution in [0.25, 0.3) is 10.8 Å². The second-order valence-electron chi connectivity index (χ2n) is 6.80. The molecule has 3 aromatic rings. The number of likely N-dealkylation sites (tertiary alicyclic amines) is 1. The molecular weight excluding hydrogens is 365 g/mol. The molecule has 27 heavy (non-hydrogen) atoms. The van der Waals surface area contributed by atoms with Gasteiger partial charge in [0.25, 0.3) is 5.89 Å². The van der Waals surface area contributed by atoms with E-state index < -0.39 is 0 Å². The first-order valence-corrected chi connectivity index (χ1v) is 10.00. The highest BCUT2D eigenvalue weighted by molar-refractivity contribution is 7.15. The van der Waals surface area contributed by atoms with E-state index in [1.54, 1.807) is 23.5 Å². The van der Waals surface area contributed by atoms with E-state index in [9.17, 15) is 4.39 Å². The number of hydrogen-bond acceptors (Lipinski definition) is 6. The van der Waals surface area contributed by atoms with Crippen LogP contribution in [0.2, 0.25) is 0 Å². The Morgan fingerprint density at radius 2 is 2.07 bits per heavy atom. The SMILES string of the molecule is Cc1ccc(-c2nnc([C@H]3CCCN(CCOc4ccc(F)cc4)C3)o2)s1. The molecule has 1 aromatic carbocycles. The summed E-state index contributed by atoms with van der Waals surface area (Å²) in [7, 11) is 0. The Balaban J connectivity index is 1.31. The molecule has 0 N–H and O–H groups in total. The molecule has 1 aliphatic rings. The molecule has 4 rings (SSSR count). The van der Waals surface area contributed by atoms with Crippen molar-refractivity contribution < 1.29 is 13.5 Å². The maximum Gasteiger partial charge on any atom is 0.257 e. The number of nitrogens with zero attached hydrogens (tertiary/aromatic N) is 3. The zero-order valence-electron chi connectivity index (χ0n) is 15.2. The highest BCUT2D eigenvalue weighted by Gasteiger charge is 2.26. The van der Waals surface area contributed by atoms with Crippen LogP contribution in [0.4, 0.5) is 4.39 Å². The van der Waals surface area contributed by atoms with Gasteiger partial charge in [0.2, 0.25) is 5.89 Å². The third kappa shape index (κ3) is 4.54. The van der Waals surface area contributed by atoms with Gasteiger partial charge >= 0.3 is 0 Å². The molecule has 0 saturated carbocycles. The van der Waals surface area contributed by atoms with E-state index in [0.29, 0.717) is 18.2 Å². The van der Waals surface area contributed by atoms with Crippen molar-refractivity contribution in [1.82, 2.24) is 15.1 Å². The summed E-state index contributed by atoms with van der Waals surface area (Å²) < 4.78 is 24.6. The van der Waals surface area contributed by atoms with Gasteiger partial charge in [-0.3, -0.25) is 4.90 Å². The Morgan fingerprint density at radius 1 is 1.22 bits per heavy atom. The number of aryl methyl sites for hydroxylation is 1. The van der Waals surface area contributed by atoms with Crippen LogP contribution in [0, 0.1) is 12.7 Å². The second kappa shape index (κ2) is 8.19. The van der Waals surface area contributed by atoms with Gasteiger partial charge in [-0.2, -0.15) is 0 Å². The monoisotopic (exact) mass is 387 g/mol. The molecule has 0 radical (unpaired) electrons. The maximum absolute atomic E-state index is 12.9.